The SMILES string of the molecule is C[C@@H]1C(O)[C@@H](OC2C(O)C(O[C@H]3O[C@H](CNCC(O)CO)CCC3N)[C@@H](N)C[C@H]2NC(=N)C2(O)CC(N)C2)OCC1(C)O. The van der Waals surface area contributed by atoms with Crippen LogP contribution < -0.4 is 27.8 Å². The largest absolute Gasteiger partial charge is 0.394 e. The predicted octanol–water partition coefficient (Wildman–Crippen LogP) is -4.48. The highest BCUT2D eigenvalue weighted by molar-refractivity contribution is 5.89. The van der Waals surface area contributed by atoms with E-state index in [1.807, 2.05) is 0 Å². The fraction of sp³-hybridized carbons (Fsp3) is 0.963. The van der Waals surface area contributed by atoms with Gasteiger partial charge in [0.05, 0.1) is 43.1 Å². The van der Waals surface area contributed by atoms with Crippen LogP contribution in [0.15, 0.2) is 0 Å². The molecule has 0 radical (unpaired) electrons. The van der Waals surface area contributed by atoms with Gasteiger partial charge in [0.2, 0.25) is 0 Å². The maximum Gasteiger partial charge on any atom is 0.184 e. The van der Waals surface area contributed by atoms with Gasteiger partial charge in [-0.3, -0.25) is 5.41 Å². The lowest BCUT2D eigenvalue weighted by atomic mass is 9.74. The van der Waals surface area contributed by atoms with E-state index in [-0.39, 0.29) is 57.0 Å². The Bertz CT molecular complexity index is 929. The average Bonchev–Trinajstić information content (AvgIpc) is 2.93. The van der Waals surface area contributed by atoms with Gasteiger partial charge >= 0.3 is 0 Å². The third kappa shape index (κ3) is 8.01. The molecule has 0 aromatic carbocycles. The van der Waals surface area contributed by atoms with Crippen LogP contribution in [0.25, 0.3) is 0 Å². The van der Waals surface area contributed by atoms with Crippen LogP contribution in [0, 0.1) is 11.3 Å². The van der Waals surface area contributed by atoms with Crippen molar-refractivity contribution in [1.82, 2.24) is 10.6 Å². The van der Waals surface area contributed by atoms with Crippen LogP contribution in [0.4, 0.5) is 0 Å². The second-order valence-corrected chi connectivity index (χ2v) is 13.1. The molecule has 4 fully saturated rings. The molecule has 0 aromatic rings. The van der Waals surface area contributed by atoms with Gasteiger partial charge in [0.15, 0.2) is 12.6 Å². The van der Waals surface area contributed by atoms with Crippen molar-refractivity contribution in [2.45, 2.75) is 131 Å². The molecule has 7 unspecified atom stereocenters. The number of rotatable bonds is 11. The van der Waals surface area contributed by atoms with Crippen molar-refractivity contribution < 1.29 is 49.6 Å². The highest BCUT2D eigenvalue weighted by Gasteiger charge is 2.52. The standard InChI is InChI=1S/C27H52N6O10/c1-12-19(36)24(40-11-26(12,2)38)43-22-18(33-25(31)27(39)6-13(28)7-27)5-17(30)21(20(22)37)42-23-16(29)4-3-15(41-23)9-32-8-14(35)10-34/h12-24,32,34-39H,3-11,28-30H2,1-2H3,(H2,31,33)/t12-,13?,14?,15+,16?,17+,18-,19?,20?,21?,22?,23-,24-,26?,27?/m1/s1. The molecule has 16 nitrogen and oxygen atoms in total. The van der Waals surface area contributed by atoms with Crippen molar-refractivity contribution in [3.8, 4) is 0 Å². The molecule has 43 heavy (non-hydrogen) atoms. The van der Waals surface area contributed by atoms with Gasteiger partial charge in [0.25, 0.3) is 0 Å². The lowest BCUT2D eigenvalue weighted by Crippen LogP contribution is -2.69. The maximum absolute atomic E-state index is 11.6. The van der Waals surface area contributed by atoms with E-state index in [2.05, 4.69) is 10.6 Å². The third-order valence-electron chi connectivity index (χ3n) is 9.37. The Hall–Kier alpha value is -1.09. The number of ether oxygens (including phenoxy) is 4. The molecule has 4 aliphatic rings. The Labute approximate surface area is 251 Å². The van der Waals surface area contributed by atoms with E-state index in [9.17, 15) is 25.5 Å². The van der Waals surface area contributed by atoms with Crippen LogP contribution in [0.2, 0.25) is 0 Å². The number of aliphatic hydroxyl groups is 6. The van der Waals surface area contributed by atoms with Gasteiger partial charge in [-0.1, -0.05) is 6.92 Å². The summed E-state index contributed by atoms with van der Waals surface area (Å²) in [6.07, 6.45) is -6.30. The molecule has 13 atom stereocenters. The topological polar surface area (TPSA) is 284 Å². The Morgan fingerprint density at radius 2 is 1.72 bits per heavy atom. The minimum absolute atomic E-state index is 0.112. The molecule has 15 N–H and O–H groups in total. The highest BCUT2D eigenvalue weighted by Crippen LogP contribution is 2.36. The number of amidine groups is 1. The molecule has 2 aliphatic heterocycles. The van der Waals surface area contributed by atoms with E-state index in [4.69, 9.17) is 46.7 Å². The van der Waals surface area contributed by atoms with Crippen molar-refractivity contribution in [3.05, 3.63) is 0 Å². The number of hydrogen-bond acceptors (Lipinski definition) is 15. The highest BCUT2D eigenvalue weighted by atomic mass is 16.7. The summed E-state index contributed by atoms with van der Waals surface area (Å²) < 4.78 is 24.1. The number of aliphatic hydroxyl groups excluding tert-OH is 4. The zero-order chi connectivity index (χ0) is 31.7. The first-order chi connectivity index (χ1) is 20.1. The number of nitrogens with two attached hydrogens (primary N) is 3. The molecule has 2 saturated heterocycles. The third-order valence-corrected chi connectivity index (χ3v) is 9.37. The second kappa shape index (κ2) is 14.1. The number of hydrogen-bond donors (Lipinski definition) is 12. The lowest BCUT2D eigenvalue weighted by molar-refractivity contribution is -0.313. The normalized spacial score (nSPS) is 47.9. The van der Waals surface area contributed by atoms with Crippen LogP contribution in [0.1, 0.15) is 46.0 Å². The summed E-state index contributed by atoms with van der Waals surface area (Å²) in [6.45, 7) is 3.32. The first-order valence-electron chi connectivity index (χ1n) is 15.2. The average molecular weight is 621 g/mol. The zero-order valence-electron chi connectivity index (χ0n) is 24.9. The van der Waals surface area contributed by atoms with Crippen LogP contribution in [0.3, 0.4) is 0 Å². The summed E-state index contributed by atoms with van der Waals surface area (Å²) >= 11 is 0. The van der Waals surface area contributed by atoms with E-state index in [1.165, 1.54) is 0 Å². The fourth-order valence-electron chi connectivity index (χ4n) is 6.21. The zero-order valence-corrected chi connectivity index (χ0v) is 24.9. The van der Waals surface area contributed by atoms with Crippen molar-refractivity contribution in [2.24, 2.45) is 23.1 Å². The minimum Gasteiger partial charge on any atom is -0.394 e. The molecule has 2 saturated carbocycles. The maximum atomic E-state index is 11.6. The first-order valence-corrected chi connectivity index (χ1v) is 15.2. The molecule has 250 valence electrons. The first kappa shape index (κ1) is 34.8. The summed E-state index contributed by atoms with van der Waals surface area (Å²) in [5.74, 6) is -0.784. The van der Waals surface area contributed by atoms with Gasteiger partial charge in [0.1, 0.15) is 35.9 Å². The predicted molar refractivity (Wildman–Crippen MR) is 153 cm³/mol. The van der Waals surface area contributed by atoms with Crippen LogP contribution >= 0.6 is 0 Å². The molecular weight excluding hydrogens is 568 g/mol. The van der Waals surface area contributed by atoms with Crippen molar-refractivity contribution in [2.75, 3.05) is 26.3 Å². The van der Waals surface area contributed by atoms with Crippen LogP contribution in [-0.2, 0) is 18.9 Å². The molecular formula is C27H52N6O10. The molecule has 0 spiro atoms. The monoisotopic (exact) mass is 620 g/mol. The van der Waals surface area contributed by atoms with Crippen molar-refractivity contribution in [1.29, 1.82) is 5.41 Å². The van der Waals surface area contributed by atoms with Gasteiger partial charge in [0, 0.05) is 31.1 Å². The lowest BCUT2D eigenvalue weighted by Gasteiger charge is -2.50. The second-order valence-electron chi connectivity index (χ2n) is 13.1. The molecule has 0 aromatic heterocycles. The van der Waals surface area contributed by atoms with E-state index in [0.717, 1.165) is 0 Å². The molecule has 0 amide bonds. The fourth-order valence-corrected chi connectivity index (χ4v) is 6.21. The van der Waals surface area contributed by atoms with E-state index in [0.29, 0.717) is 19.4 Å². The molecule has 16 heteroatoms. The molecule has 4 rings (SSSR count). The quantitative estimate of drug-likeness (QED) is 0.0766. The van der Waals surface area contributed by atoms with Crippen LogP contribution in [0.5, 0.6) is 0 Å². The van der Waals surface area contributed by atoms with Crippen molar-refractivity contribution >= 4 is 5.84 Å². The van der Waals surface area contributed by atoms with Gasteiger partial charge in [-0.05, 0) is 39.0 Å². The summed E-state index contributed by atoms with van der Waals surface area (Å²) in [6, 6.07) is -2.27. The summed E-state index contributed by atoms with van der Waals surface area (Å²) in [7, 11) is 0. The molecule has 0 bridgehead atoms. The number of nitrogens with one attached hydrogen (secondary N) is 3. The summed E-state index contributed by atoms with van der Waals surface area (Å²) in [5, 5.41) is 77.0. The van der Waals surface area contributed by atoms with Gasteiger partial charge in [-0.25, -0.2) is 0 Å². The van der Waals surface area contributed by atoms with E-state index in [1.54, 1.807) is 13.8 Å². The van der Waals surface area contributed by atoms with Gasteiger partial charge < -0.3 is 77.4 Å². The summed E-state index contributed by atoms with van der Waals surface area (Å²) in [5.41, 5.74) is 15.9. The Balaban J connectivity index is 1.47. The van der Waals surface area contributed by atoms with E-state index < -0.39 is 78.3 Å². The van der Waals surface area contributed by atoms with Crippen molar-refractivity contribution in [3.63, 3.8) is 0 Å². The Morgan fingerprint density at radius 1 is 1.05 bits per heavy atom. The molecule has 2 aliphatic carbocycles. The smallest absolute Gasteiger partial charge is 0.184 e. The Morgan fingerprint density at radius 3 is 2.37 bits per heavy atom. The van der Waals surface area contributed by atoms with E-state index >= 15 is 0 Å². The summed E-state index contributed by atoms with van der Waals surface area (Å²) in [4.78, 5) is 0. The van der Waals surface area contributed by atoms with Crippen LogP contribution in [-0.4, -0.2) is 147 Å². The minimum atomic E-state index is -1.43. The van der Waals surface area contributed by atoms with Gasteiger partial charge in [-0.15, -0.1) is 0 Å². The Kier molecular flexibility index (Phi) is 11.4. The van der Waals surface area contributed by atoms with Gasteiger partial charge in [-0.2, -0.15) is 0 Å². The molecule has 2 heterocycles.